The van der Waals surface area contributed by atoms with Crippen LogP contribution in [0.15, 0.2) is 24.4 Å². The summed E-state index contributed by atoms with van der Waals surface area (Å²) in [4.78, 5) is 4.13. The molecule has 1 saturated heterocycles. The van der Waals surface area contributed by atoms with Gasteiger partial charge in [0.15, 0.2) is 5.11 Å². The van der Waals surface area contributed by atoms with Crippen LogP contribution in [0.25, 0.3) is 0 Å². The van der Waals surface area contributed by atoms with Gasteiger partial charge in [-0.25, -0.2) is 4.98 Å². The van der Waals surface area contributed by atoms with E-state index in [1.54, 1.807) is 6.20 Å². The number of nitrogens with one attached hydrogen (secondary N) is 2. The Morgan fingerprint density at radius 3 is 3.19 bits per heavy atom. The summed E-state index contributed by atoms with van der Waals surface area (Å²) < 4.78 is 5.49. The van der Waals surface area contributed by atoms with E-state index in [9.17, 15) is 0 Å². The molecule has 2 N–H and O–H groups in total. The van der Waals surface area contributed by atoms with Crippen molar-refractivity contribution in [2.24, 2.45) is 0 Å². The molecule has 1 aromatic heterocycles. The third-order valence-electron chi connectivity index (χ3n) is 2.42. The molecule has 1 aromatic rings. The fraction of sp³-hybridized carbons (Fsp3) is 0.455. The summed E-state index contributed by atoms with van der Waals surface area (Å²) in [6.07, 6.45) is 4.28. The standard InChI is InChI=1S/C11H15N3OS/c16-11(13-8-9-4-3-7-15-9)14-10-5-1-2-6-12-10/h1-2,5-6,9H,3-4,7-8H2,(H2,12,13,14,16)/t9-/m1/s1. The summed E-state index contributed by atoms with van der Waals surface area (Å²) in [6.45, 7) is 1.63. The number of thiocarbonyl (C=S) groups is 1. The number of pyridine rings is 1. The average molecular weight is 237 g/mol. The van der Waals surface area contributed by atoms with Crippen molar-refractivity contribution in [3.8, 4) is 0 Å². The van der Waals surface area contributed by atoms with Crippen LogP contribution in [-0.2, 0) is 4.74 Å². The number of ether oxygens (including phenoxy) is 1. The van der Waals surface area contributed by atoms with E-state index in [1.807, 2.05) is 18.2 Å². The van der Waals surface area contributed by atoms with Gasteiger partial charge in [0.1, 0.15) is 5.82 Å². The van der Waals surface area contributed by atoms with Gasteiger partial charge in [0.25, 0.3) is 0 Å². The summed E-state index contributed by atoms with van der Waals surface area (Å²) >= 11 is 5.15. The molecule has 0 amide bonds. The molecule has 5 heteroatoms. The van der Waals surface area contributed by atoms with Crippen molar-refractivity contribution in [3.05, 3.63) is 24.4 Å². The van der Waals surface area contributed by atoms with E-state index in [4.69, 9.17) is 17.0 Å². The van der Waals surface area contributed by atoms with E-state index in [0.717, 1.165) is 31.8 Å². The molecule has 1 aliphatic heterocycles. The minimum atomic E-state index is 0.295. The zero-order valence-corrected chi connectivity index (χ0v) is 9.80. The predicted molar refractivity (Wildman–Crippen MR) is 67.4 cm³/mol. The Balaban J connectivity index is 1.72. The molecule has 0 radical (unpaired) electrons. The smallest absolute Gasteiger partial charge is 0.172 e. The zero-order chi connectivity index (χ0) is 11.2. The largest absolute Gasteiger partial charge is 0.376 e. The lowest BCUT2D eigenvalue weighted by molar-refractivity contribution is 0.114. The Kier molecular flexibility index (Phi) is 4.07. The first-order valence-corrected chi connectivity index (χ1v) is 5.83. The van der Waals surface area contributed by atoms with E-state index >= 15 is 0 Å². The van der Waals surface area contributed by atoms with Crippen LogP contribution in [0.3, 0.4) is 0 Å². The zero-order valence-electron chi connectivity index (χ0n) is 8.98. The van der Waals surface area contributed by atoms with Crippen LogP contribution < -0.4 is 10.6 Å². The van der Waals surface area contributed by atoms with Crippen LogP contribution in [-0.4, -0.2) is 29.4 Å². The van der Waals surface area contributed by atoms with Crippen molar-refractivity contribution in [1.82, 2.24) is 10.3 Å². The number of nitrogens with zero attached hydrogens (tertiary/aromatic N) is 1. The van der Waals surface area contributed by atoms with Crippen LogP contribution in [0.2, 0.25) is 0 Å². The molecule has 4 nitrogen and oxygen atoms in total. The van der Waals surface area contributed by atoms with Gasteiger partial charge in [-0.3, -0.25) is 0 Å². The number of aromatic nitrogens is 1. The lowest BCUT2D eigenvalue weighted by atomic mass is 10.2. The molecule has 16 heavy (non-hydrogen) atoms. The first kappa shape index (κ1) is 11.3. The molecular weight excluding hydrogens is 222 g/mol. The van der Waals surface area contributed by atoms with Crippen LogP contribution >= 0.6 is 12.2 Å². The highest BCUT2D eigenvalue weighted by Gasteiger charge is 2.15. The third kappa shape index (κ3) is 3.43. The molecule has 1 atom stereocenters. The lowest BCUT2D eigenvalue weighted by Crippen LogP contribution is -2.34. The SMILES string of the molecule is S=C(NC[C@H]1CCCO1)Nc1ccccn1. The van der Waals surface area contributed by atoms with E-state index < -0.39 is 0 Å². The Hall–Kier alpha value is -1.20. The van der Waals surface area contributed by atoms with Crippen molar-refractivity contribution in [2.45, 2.75) is 18.9 Å². The quantitative estimate of drug-likeness (QED) is 0.781. The maximum atomic E-state index is 5.49. The van der Waals surface area contributed by atoms with Crippen molar-refractivity contribution in [1.29, 1.82) is 0 Å². The van der Waals surface area contributed by atoms with Gasteiger partial charge in [0, 0.05) is 19.3 Å². The molecule has 86 valence electrons. The van der Waals surface area contributed by atoms with Gasteiger partial charge in [-0.1, -0.05) is 6.07 Å². The number of hydrogen-bond donors (Lipinski definition) is 2. The van der Waals surface area contributed by atoms with Crippen LogP contribution in [0.4, 0.5) is 5.82 Å². The monoisotopic (exact) mass is 237 g/mol. The Morgan fingerprint density at radius 2 is 2.50 bits per heavy atom. The highest BCUT2D eigenvalue weighted by molar-refractivity contribution is 7.80. The fourth-order valence-corrected chi connectivity index (χ4v) is 1.80. The Labute approximate surface area is 100 Å². The van der Waals surface area contributed by atoms with E-state index in [0.29, 0.717) is 11.2 Å². The summed E-state index contributed by atoms with van der Waals surface area (Å²) in [6, 6.07) is 5.66. The van der Waals surface area contributed by atoms with Gasteiger partial charge in [-0.15, -0.1) is 0 Å². The summed E-state index contributed by atoms with van der Waals surface area (Å²) in [5.74, 6) is 0.757. The second kappa shape index (κ2) is 5.77. The van der Waals surface area contributed by atoms with Crippen molar-refractivity contribution < 1.29 is 4.74 Å². The normalized spacial score (nSPS) is 19.4. The fourth-order valence-electron chi connectivity index (χ4n) is 1.61. The van der Waals surface area contributed by atoms with E-state index in [1.165, 1.54) is 0 Å². The highest BCUT2D eigenvalue weighted by Crippen LogP contribution is 2.10. The molecule has 0 unspecified atom stereocenters. The summed E-state index contributed by atoms with van der Waals surface area (Å²) in [5, 5.41) is 6.74. The summed E-state index contributed by atoms with van der Waals surface area (Å²) in [7, 11) is 0. The number of hydrogen-bond acceptors (Lipinski definition) is 3. The Bertz CT molecular complexity index is 338. The molecule has 0 spiro atoms. The molecule has 1 fully saturated rings. The molecule has 0 bridgehead atoms. The molecule has 0 aliphatic carbocycles. The van der Waals surface area contributed by atoms with Gasteiger partial charge in [-0.2, -0.15) is 0 Å². The topological polar surface area (TPSA) is 46.2 Å². The highest BCUT2D eigenvalue weighted by atomic mass is 32.1. The van der Waals surface area contributed by atoms with Gasteiger partial charge in [0.05, 0.1) is 6.10 Å². The lowest BCUT2D eigenvalue weighted by Gasteiger charge is -2.13. The number of rotatable bonds is 3. The molecule has 0 aromatic carbocycles. The van der Waals surface area contributed by atoms with Crippen LogP contribution in [0.5, 0.6) is 0 Å². The predicted octanol–water partition coefficient (Wildman–Crippen LogP) is 1.55. The maximum Gasteiger partial charge on any atom is 0.172 e. The van der Waals surface area contributed by atoms with Crippen molar-refractivity contribution in [3.63, 3.8) is 0 Å². The maximum absolute atomic E-state index is 5.49. The molecule has 2 heterocycles. The summed E-state index contributed by atoms with van der Waals surface area (Å²) in [5.41, 5.74) is 0. The van der Waals surface area contributed by atoms with Crippen LogP contribution in [0, 0.1) is 0 Å². The van der Waals surface area contributed by atoms with Gasteiger partial charge in [0.2, 0.25) is 0 Å². The van der Waals surface area contributed by atoms with Gasteiger partial charge >= 0.3 is 0 Å². The second-order valence-electron chi connectivity index (χ2n) is 3.69. The van der Waals surface area contributed by atoms with Crippen molar-refractivity contribution >= 4 is 23.1 Å². The van der Waals surface area contributed by atoms with E-state index in [2.05, 4.69) is 15.6 Å². The molecule has 2 rings (SSSR count). The third-order valence-corrected chi connectivity index (χ3v) is 2.67. The number of anilines is 1. The molecule has 1 aliphatic rings. The van der Waals surface area contributed by atoms with Gasteiger partial charge < -0.3 is 15.4 Å². The Morgan fingerprint density at radius 1 is 1.56 bits per heavy atom. The first-order chi connectivity index (χ1) is 7.84. The minimum absolute atomic E-state index is 0.295. The first-order valence-electron chi connectivity index (χ1n) is 5.42. The second-order valence-corrected chi connectivity index (χ2v) is 4.09. The van der Waals surface area contributed by atoms with Crippen molar-refractivity contribution in [2.75, 3.05) is 18.5 Å². The van der Waals surface area contributed by atoms with E-state index in [-0.39, 0.29) is 0 Å². The minimum Gasteiger partial charge on any atom is -0.376 e. The van der Waals surface area contributed by atoms with Crippen LogP contribution in [0.1, 0.15) is 12.8 Å². The molecular formula is C11H15N3OS. The average Bonchev–Trinajstić information content (AvgIpc) is 2.81. The van der Waals surface area contributed by atoms with Gasteiger partial charge in [-0.05, 0) is 37.2 Å². The molecule has 0 saturated carbocycles.